The lowest BCUT2D eigenvalue weighted by Gasteiger charge is -2.08. The maximum atomic E-state index is 11.9. The number of aliphatic hydroxyl groups is 2. The molecule has 0 aromatic heterocycles. The van der Waals surface area contributed by atoms with Gasteiger partial charge in [-0.15, -0.1) is 0 Å². The predicted octanol–water partition coefficient (Wildman–Crippen LogP) is 10.0. The van der Waals surface area contributed by atoms with E-state index in [0.29, 0.717) is 12.8 Å². The van der Waals surface area contributed by atoms with Crippen molar-refractivity contribution in [3.8, 4) is 0 Å². The van der Waals surface area contributed by atoms with Gasteiger partial charge in [0.25, 0.3) is 0 Å². The van der Waals surface area contributed by atoms with E-state index in [1.807, 2.05) is 0 Å². The Hall–Kier alpha value is -1.66. The maximum absolute atomic E-state index is 11.9. The van der Waals surface area contributed by atoms with Crippen molar-refractivity contribution in [3.05, 3.63) is 24.3 Å². The van der Waals surface area contributed by atoms with Crippen molar-refractivity contribution < 1.29 is 29.3 Å². The molecule has 0 aliphatic rings. The smallest absolute Gasteiger partial charge is 0.308 e. The Kier molecular flexibility index (Phi) is 32.0. The second-order valence-electron chi connectivity index (χ2n) is 12.2. The number of rotatable bonds is 32. The van der Waals surface area contributed by atoms with Crippen LogP contribution in [0.1, 0.15) is 181 Å². The van der Waals surface area contributed by atoms with Gasteiger partial charge in [0.2, 0.25) is 6.79 Å². The monoisotopic (exact) mass is 609 g/mol. The highest BCUT2D eigenvalue weighted by Crippen LogP contribution is 2.14. The summed E-state index contributed by atoms with van der Waals surface area (Å²) in [7, 11) is 0. The lowest BCUT2D eigenvalue weighted by Crippen LogP contribution is -2.12. The van der Waals surface area contributed by atoms with Crippen LogP contribution in [-0.2, 0) is 19.1 Å². The topological polar surface area (TPSA) is 93.1 Å². The van der Waals surface area contributed by atoms with Gasteiger partial charge in [0, 0.05) is 12.8 Å². The van der Waals surface area contributed by atoms with Crippen molar-refractivity contribution in [2.45, 2.75) is 193 Å². The molecule has 0 spiro atoms. The van der Waals surface area contributed by atoms with Crippen molar-refractivity contribution in [2.24, 2.45) is 0 Å². The summed E-state index contributed by atoms with van der Waals surface area (Å²) >= 11 is 0. The van der Waals surface area contributed by atoms with E-state index in [-0.39, 0.29) is 30.9 Å². The zero-order chi connectivity index (χ0) is 31.6. The number of hydrogen-bond donors (Lipinski definition) is 2. The van der Waals surface area contributed by atoms with Crippen molar-refractivity contribution in [1.29, 1.82) is 0 Å². The molecule has 0 saturated carbocycles. The highest BCUT2D eigenvalue weighted by Gasteiger charge is 2.07. The van der Waals surface area contributed by atoms with Crippen molar-refractivity contribution in [1.82, 2.24) is 0 Å². The molecule has 0 aliphatic carbocycles. The molecular weight excluding hydrogens is 540 g/mol. The van der Waals surface area contributed by atoms with E-state index in [1.54, 1.807) is 0 Å². The Balaban J connectivity index is 3.45. The number of allylic oxidation sites excluding steroid dienone is 2. The summed E-state index contributed by atoms with van der Waals surface area (Å²) in [5, 5.41) is 20.1. The maximum Gasteiger partial charge on any atom is 0.308 e. The van der Waals surface area contributed by atoms with E-state index in [0.717, 1.165) is 116 Å². The van der Waals surface area contributed by atoms with Crippen LogP contribution in [0.5, 0.6) is 0 Å². The van der Waals surface area contributed by atoms with Gasteiger partial charge in [-0.2, -0.15) is 0 Å². The molecule has 0 fully saturated rings. The molecule has 0 rings (SSSR count). The first-order valence-electron chi connectivity index (χ1n) is 18.0. The summed E-state index contributed by atoms with van der Waals surface area (Å²) in [6, 6.07) is 0. The zero-order valence-corrected chi connectivity index (χ0v) is 28.1. The quantitative estimate of drug-likeness (QED) is 0.0342. The predicted molar refractivity (Wildman–Crippen MR) is 179 cm³/mol. The zero-order valence-electron chi connectivity index (χ0n) is 28.1. The molecular formula is C37H68O6. The Morgan fingerprint density at radius 1 is 0.512 bits per heavy atom. The fourth-order valence-corrected chi connectivity index (χ4v) is 5.02. The minimum absolute atomic E-state index is 0.231. The summed E-state index contributed by atoms with van der Waals surface area (Å²) in [6.45, 7) is 4.13. The molecule has 0 aliphatic heterocycles. The second kappa shape index (κ2) is 33.2. The molecule has 0 aromatic rings. The van der Waals surface area contributed by atoms with Crippen LogP contribution < -0.4 is 0 Å². The fourth-order valence-electron chi connectivity index (χ4n) is 5.02. The standard InChI is InChI=1S/C37H68O6/c1-3-5-7-9-15-21-27-34(38)29-23-17-11-13-19-25-31-36(40)42-33-43-37(41)32-26-20-14-12-18-24-30-35(39)28-22-16-10-8-6-4-2/h15-16,21-22,34-35,38-39H,3-14,17-20,23-33H2,1-2H3/b21-15-,22-16-. The fraction of sp³-hybridized carbons (Fsp3) is 0.838. The van der Waals surface area contributed by atoms with Crippen LogP contribution in [-0.4, -0.2) is 41.2 Å². The number of esters is 2. The van der Waals surface area contributed by atoms with E-state index >= 15 is 0 Å². The van der Waals surface area contributed by atoms with Crippen LogP contribution in [0.2, 0.25) is 0 Å². The first kappa shape index (κ1) is 41.3. The van der Waals surface area contributed by atoms with Crippen LogP contribution in [0.3, 0.4) is 0 Å². The van der Waals surface area contributed by atoms with Gasteiger partial charge in [0.15, 0.2) is 0 Å². The average molecular weight is 609 g/mol. The van der Waals surface area contributed by atoms with Crippen LogP contribution >= 0.6 is 0 Å². The minimum Gasteiger partial charge on any atom is -0.428 e. The molecule has 2 atom stereocenters. The van der Waals surface area contributed by atoms with Gasteiger partial charge in [0.05, 0.1) is 12.2 Å². The van der Waals surface area contributed by atoms with Gasteiger partial charge >= 0.3 is 11.9 Å². The third-order valence-electron chi connectivity index (χ3n) is 7.87. The van der Waals surface area contributed by atoms with E-state index in [4.69, 9.17) is 9.47 Å². The third kappa shape index (κ3) is 33.1. The number of aliphatic hydroxyl groups excluding tert-OH is 2. The Morgan fingerprint density at radius 3 is 1.28 bits per heavy atom. The third-order valence-corrected chi connectivity index (χ3v) is 7.87. The van der Waals surface area contributed by atoms with Gasteiger partial charge in [-0.05, 0) is 64.2 Å². The van der Waals surface area contributed by atoms with Crippen molar-refractivity contribution >= 4 is 11.9 Å². The Bertz CT molecular complexity index is 618. The van der Waals surface area contributed by atoms with E-state index in [1.165, 1.54) is 38.5 Å². The van der Waals surface area contributed by atoms with Gasteiger partial charge in [-0.25, -0.2) is 0 Å². The molecule has 0 aromatic carbocycles. The first-order valence-corrected chi connectivity index (χ1v) is 18.0. The molecule has 6 nitrogen and oxygen atoms in total. The molecule has 0 heterocycles. The number of ether oxygens (including phenoxy) is 2. The number of unbranched alkanes of at least 4 members (excludes halogenated alkanes) is 16. The highest BCUT2D eigenvalue weighted by molar-refractivity contribution is 5.70. The first-order chi connectivity index (χ1) is 21.0. The summed E-state index contributed by atoms with van der Waals surface area (Å²) in [5.74, 6) is -0.626. The largest absolute Gasteiger partial charge is 0.428 e. The van der Waals surface area contributed by atoms with Crippen molar-refractivity contribution in [2.75, 3.05) is 6.79 Å². The lowest BCUT2D eigenvalue weighted by atomic mass is 10.0. The van der Waals surface area contributed by atoms with E-state index in [9.17, 15) is 19.8 Å². The molecule has 2 N–H and O–H groups in total. The second-order valence-corrected chi connectivity index (χ2v) is 12.2. The van der Waals surface area contributed by atoms with Gasteiger partial charge in [-0.3, -0.25) is 9.59 Å². The lowest BCUT2D eigenvalue weighted by molar-refractivity contribution is -0.167. The molecule has 252 valence electrons. The van der Waals surface area contributed by atoms with Gasteiger partial charge in [0.1, 0.15) is 0 Å². The molecule has 0 radical (unpaired) electrons. The van der Waals surface area contributed by atoms with Gasteiger partial charge in [-0.1, -0.05) is 128 Å². The summed E-state index contributed by atoms with van der Waals surface area (Å²) < 4.78 is 10.1. The molecule has 0 bridgehead atoms. The molecule has 6 heteroatoms. The summed E-state index contributed by atoms with van der Waals surface area (Å²) in [4.78, 5) is 23.7. The van der Waals surface area contributed by atoms with E-state index < -0.39 is 0 Å². The molecule has 0 amide bonds. The molecule has 0 saturated heterocycles. The minimum atomic E-state index is -0.313. The number of hydrogen-bond acceptors (Lipinski definition) is 6. The summed E-state index contributed by atoms with van der Waals surface area (Å²) in [6.07, 6.45) is 34.1. The van der Waals surface area contributed by atoms with Gasteiger partial charge < -0.3 is 19.7 Å². The Morgan fingerprint density at radius 2 is 0.884 bits per heavy atom. The normalized spacial score (nSPS) is 13.1. The van der Waals surface area contributed by atoms with Crippen LogP contribution in [0.25, 0.3) is 0 Å². The number of carbonyl (C=O) groups excluding carboxylic acids is 2. The molecule has 43 heavy (non-hydrogen) atoms. The van der Waals surface area contributed by atoms with Crippen LogP contribution in [0.15, 0.2) is 24.3 Å². The van der Waals surface area contributed by atoms with Crippen LogP contribution in [0.4, 0.5) is 0 Å². The van der Waals surface area contributed by atoms with E-state index in [2.05, 4.69) is 38.2 Å². The Labute approximate surface area is 265 Å². The molecule has 2 unspecified atom stereocenters. The van der Waals surface area contributed by atoms with Crippen LogP contribution in [0, 0.1) is 0 Å². The SMILES string of the molecule is CCCCC/C=C\CC(O)CCCCCCCCC(=O)OCOC(=O)CCCCCCCCC(O)C/C=C\CCCCC. The summed E-state index contributed by atoms with van der Waals surface area (Å²) in [5.41, 5.74) is 0. The highest BCUT2D eigenvalue weighted by atomic mass is 16.7. The number of carbonyl (C=O) groups is 2. The average Bonchev–Trinajstić information content (AvgIpc) is 2.99. The van der Waals surface area contributed by atoms with Crippen molar-refractivity contribution in [3.63, 3.8) is 0 Å².